The fraction of sp³-hybridized carbons (Fsp3) is 0.412. The summed E-state index contributed by atoms with van der Waals surface area (Å²) in [5.41, 5.74) is 0.0243. The molecule has 0 spiro atoms. The summed E-state index contributed by atoms with van der Waals surface area (Å²) in [6, 6.07) is 7.41. The number of aliphatic hydroxyl groups is 1. The first-order valence-corrected chi connectivity index (χ1v) is 10.0. The highest BCUT2D eigenvalue weighted by atomic mass is 32.2. The molecule has 160 valence electrons. The van der Waals surface area contributed by atoms with Crippen molar-refractivity contribution in [3.63, 3.8) is 0 Å². The Bertz CT molecular complexity index is 815. The van der Waals surface area contributed by atoms with Crippen LogP contribution in [0.3, 0.4) is 0 Å². The Balaban J connectivity index is 1.68. The van der Waals surface area contributed by atoms with Gasteiger partial charge in [0, 0.05) is 37.4 Å². The number of nitrogens with zero attached hydrogens (tertiary/aromatic N) is 2. The van der Waals surface area contributed by atoms with Crippen LogP contribution in [0.2, 0.25) is 0 Å². The number of benzene rings is 1. The van der Waals surface area contributed by atoms with Crippen LogP contribution >= 0.6 is 23.3 Å². The van der Waals surface area contributed by atoms with Crippen LogP contribution in [0, 0.1) is 0 Å². The number of rotatable bonds is 4. The first kappa shape index (κ1) is 22.1. The first-order chi connectivity index (χ1) is 13.4. The average molecular weight is 457 g/mol. The van der Waals surface area contributed by atoms with Crippen molar-refractivity contribution in [1.82, 2.24) is 4.31 Å². The molecular formula is C17H17F6N3OS2. The van der Waals surface area contributed by atoms with Crippen LogP contribution in [0.25, 0.3) is 0 Å². The number of nitrogens with two attached hydrogens (primary N) is 1. The van der Waals surface area contributed by atoms with E-state index >= 15 is 0 Å². The molecule has 4 nitrogen and oxygen atoms in total. The molecule has 12 heteroatoms. The smallest absolute Gasteiger partial charge is 0.391 e. The summed E-state index contributed by atoms with van der Waals surface area (Å²) >= 11 is 3.02. The second-order valence-corrected chi connectivity index (χ2v) is 8.93. The van der Waals surface area contributed by atoms with E-state index in [0.29, 0.717) is 49.0 Å². The summed E-state index contributed by atoms with van der Waals surface area (Å²) < 4.78 is 81.0. The molecule has 1 aliphatic heterocycles. The molecular weight excluding hydrogens is 440 g/mol. The number of thiophene rings is 1. The molecule has 1 aliphatic rings. The van der Waals surface area contributed by atoms with Gasteiger partial charge in [-0.15, -0.1) is 11.3 Å². The van der Waals surface area contributed by atoms with E-state index in [1.807, 2.05) is 17.0 Å². The fourth-order valence-electron chi connectivity index (χ4n) is 2.95. The molecule has 1 aromatic carbocycles. The van der Waals surface area contributed by atoms with Crippen molar-refractivity contribution >= 4 is 34.0 Å². The minimum absolute atomic E-state index is 0.491. The van der Waals surface area contributed by atoms with Gasteiger partial charge in [0.25, 0.3) is 5.60 Å². The van der Waals surface area contributed by atoms with Crippen LogP contribution in [-0.2, 0) is 5.60 Å². The molecule has 0 radical (unpaired) electrons. The summed E-state index contributed by atoms with van der Waals surface area (Å²) in [4.78, 5) is 1.86. The van der Waals surface area contributed by atoms with Crippen LogP contribution in [0.4, 0.5) is 37.0 Å². The summed E-state index contributed by atoms with van der Waals surface area (Å²) in [6.45, 7) is 2.41. The van der Waals surface area contributed by atoms with Gasteiger partial charge < -0.3 is 15.7 Å². The van der Waals surface area contributed by atoms with E-state index < -0.39 is 23.5 Å². The van der Waals surface area contributed by atoms with E-state index in [1.54, 1.807) is 11.9 Å². The zero-order valence-corrected chi connectivity index (χ0v) is 16.4. The van der Waals surface area contributed by atoms with Gasteiger partial charge >= 0.3 is 12.4 Å². The minimum atomic E-state index is -5.89. The molecule has 1 fully saturated rings. The van der Waals surface area contributed by atoms with Gasteiger partial charge in [-0.05, 0) is 36.2 Å². The Morgan fingerprint density at radius 2 is 1.41 bits per heavy atom. The van der Waals surface area contributed by atoms with E-state index in [4.69, 9.17) is 5.73 Å². The SMILES string of the molecule is Nc1ccc(SN2CCN(c3ccc(C(O)(C(F)(F)F)C(F)(F)F)cc3)CC2)s1. The number of halogens is 6. The number of anilines is 2. The third kappa shape index (κ3) is 4.44. The molecule has 0 atom stereocenters. The predicted octanol–water partition coefficient (Wildman–Crippen LogP) is 4.47. The maximum Gasteiger partial charge on any atom is 0.430 e. The van der Waals surface area contributed by atoms with Crippen molar-refractivity contribution in [2.75, 3.05) is 36.8 Å². The van der Waals surface area contributed by atoms with E-state index in [2.05, 4.69) is 4.31 Å². The molecule has 0 unspecified atom stereocenters. The van der Waals surface area contributed by atoms with Gasteiger partial charge in [0.05, 0.1) is 9.21 Å². The summed E-state index contributed by atoms with van der Waals surface area (Å²) in [5, 5.41) is 10.2. The van der Waals surface area contributed by atoms with Crippen molar-refractivity contribution in [2.24, 2.45) is 0 Å². The van der Waals surface area contributed by atoms with Crippen LogP contribution in [0.1, 0.15) is 5.56 Å². The first-order valence-electron chi connectivity index (χ1n) is 8.41. The van der Waals surface area contributed by atoms with E-state index in [-0.39, 0.29) is 0 Å². The van der Waals surface area contributed by atoms with Crippen LogP contribution in [-0.4, -0.2) is 47.9 Å². The second-order valence-electron chi connectivity index (χ2n) is 6.42. The van der Waals surface area contributed by atoms with Crippen LogP contribution in [0.15, 0.2) is 40.6 Å². The molecule has 1 aromatic heterocycles. The standard InChI is InChI=1S/C17H17F6N3OS2/c18-16(19,20)15(27,17(21,22)23)11-1-3-12(4-2-11)25-7-9-26(10-8-25)29-14-6-5-13(24)28-14/h1-6,27H,7-10,24H2. The third-order valence-electron chi connectivity index (χ3n) is 4.53. The summed E-state index contributed by atoms with van der Waals surface area (Å²) in [6.07, 6.45) is -11.8. The molecule has 0 amide bonds. The van der Waals surface area contributed by atoms with Crippen LogP contribution < -0.4 is 10.6 Å². The second kappa shape index (κ2) is 7.89. The van der Waals surface area contributed by atoms with Gasteiger partial charge in [-0.25, -0.2) is 4.31 Å². The zero-order valence-electron chi connectivity index (χ0n) is 14.8. The summed E-state index contributed by atoms with van der Waals surface area (Å²) in [7, 11) is 0. The van der Waals surface area contributed by atoms with Crippen molar-refractivity contribution < 1.29 is 31.4 Å². The lowest BCUT2D eigenvalue weighted by Gasteiger charge is -2.36. The lowest BCUT2D eigenvalue weighted by Crippen LogP contribution is -2.53. The Morgan fingerprint density at radius 1 is 0.862 bits per heavy atom. The Hall–Kier alpha value is -1.63. The molecule has 3 rings (SSSR count). The van der Waals surface area contributed by atoms with Crippen molar-refractivity contribution in [2.45, 2.75) is 22.2 Å². The topological polar surface area (TPSA) is 52.7 Å². The van der Waals surface area contributed by atoms with E-state index in [9.17, 15) is 31.4 Å². The lowest BCUT2D eigenvalue weighted by atomic mass is 9.92. The highest BCUT2D eigenvalue weighted by Crippen LogP contribution is 2.50. The van der Waals surface area contributed by atoms with Gasteiger partial charge in [0.15, 0.2) is 0 Å². The molecule has 29 heavy (non-hydrogen) atoms. The highest BCUT2D eigenvalue weighted by Gasteiger charge is 2.71. The monoisotopic (exact) mass is 457 g/mol. The predicted molar refractivity (Wildman–Crippen MR) is 101 cm³/mol. The van der Waals surface area contributed by atoms with Crippen molar-refractivity contribution in [3.05, 3.63) is 42.0 Å². The number of piperazine rings is 1. The zero-order chi connectivity index (χ0) is 21.4. The van der Waals surface area contributed by atoms with Gasteiger partial charge in [0.1, 0.15) is 0 Å². The van der Waals surface area contributed by atoms with Gasteiger partial charge in [-0.2, -0.15) is 26.3 Å². The molecule has 3 N–H and O–H groups in total. The normalized spacial score (nSPS) is 17.0. The van der Waals surface area contributed by atoms with Crippen LogP contribution in [0.5, 0.6) is 0 Å². The quantitative estimate of drug-likeness (QED) is 0.524. The molecule has 1 saturated heterocycles. The maximum atomic E-state index is 13.0. The highest BCUT2D eigenvalue weighted by molar-refractivity contribution is 7.99. The van der Waals surface area contributed by atoms with E-state index in [0.717, 1.165) is 4.21 Å². The van der Waals surface area contributed by atoms with Crippen molar-refractivity contribution in [1.29, 1.82) is 0 Å². The number of hydrogen-bond acceptors (Lipinski definition) is 6. The third-order valence-corrected chi connectivity index (χ3v) is 6.65. The average Bonchev–Trinajstić information content (AvgIpc) is 3.05. The van der Waals surface area contributed by atoms with E-state index in [1.165, 1.54) is 23.5 Å². The lowest BCUT2D eigenvalue weighted by molar-refractivity contribution is -0.376. The molecule has 0 aliphatic carbocycles. The largest absolute Gasteiger partial charge is 0.430 e. The van der Waals surface area contributed by atoms with Gasteiger partial charge in [-0.1, -0.05) is 12.1 Å². The Labute approximate surface area is 171 Å². The molecule has 0 saturated carbocycles. The number of hydrogen-bond donors (Lipinski definition) is 2. The number of alkyl halides is 6. The molecule has 0 bridgehead atoms. The van der Waals surface area contributed by atoms with Gasteiger partial charge in [0.2, 0.25) is 0 Å². The fourth-order valence-corrected chi connectivity index (χ4v) is 4.94. The summed E-state index contributed by atoms with van der Waals surface area (Å²) in [5.74, 6) is 0. The molecule has 2 heterocycles. The minimum Gasteiger partial charge on any atom is -0.391 e. The molecule has 2 aromatic rings. The number of nitrogen functional groups attached to an aromatic ring is 1. The van der Waals surface area contributed by atoms with Crippen molar-refractivity contribution in [3.8, 4) is 0 Å². The Kier molecular flexibility index (Phi) is 6.01. The maximum absolute atomic E-state index is 13.0. The van der Waals surface area contributed by atoms with Gasteiger partial charge in [-0.3, -0.25) is 0 Å². The Morgan fingerprint density at radius 3 is 1.86 bits per heavy atom.